The molecule has 2 aromatic rings. The van der Waals surface area contributed by atoms with Crippen molar-refractivity contribution in [2.45, 2.75) is 19.1 Å². The van der Waals surface area contributed by atoms with Crippen molar-refractivity contribution >= 4 is 11.6 Å². The van der Waals surface area contributed by atoms with Crippen molar-refractivity contribution in [1.29, 1.82) is 0 Å². The van der Waals surface area contributed by atoms with Crippen LogP contribution in [0, 0.1) is 5.82 Å². The Morgan fingerprint density at radius 3 is 2.65 bits per heavy atom. The molecule has 1 heterocycles. The van der Waals surface area contributed by atoms with Crippen LogP contribution >= 0.6 is 11.6 Å². The van der Waals surface area contributed by atoms with Gasteiger partial charge in [0.05, 0.1) is 6.10 Å². The summed E-state index contributed by atoms with van der Waals surface area (Å²) in [6.07, 6.45) is 0.710. The Labute approximate surface area is 122 Å². The molecule has 20 heavy (non-hydrogen) atoms. The van der Waals surface area contributed by atoms with Gasteiger partial charge in [0, 0.05) is 29.9 Å². The smallest absolute Gasteiger partial charge is 0.133 e. The number of nitrogens with zero attached hydrogens (tertiary/aromatic N) is 1. The number of aromatic nitrogens is 1. The summed E-state index contributed by atoms with van der Waals surface area (Å²) < 4.78 is 13.5. The van der Waals surface area contributed by atoms with Gasteiger partial charge in [0.1, 0.15) is 11.0 Å². The van der Waals surface area contributed by atoms with Crippen molar-refractivity contribution in [3.05, 3.63) is 64.7 Å². The summed E-state index contributed by atoms with van der Waals surface area (Å²) >= 11 is 6.00. The van der Waals surface area contributed by atoms with E-state index in [9.17, 15) is 9.50 Å². The Kier molecular flexibility index (Phi) is 5.06. The highest BCUT2D eigenvalue weighted by Gasteiger charge is 2.15. The molecule has 0 amide bonds. The fraction of sp³-hybridized carbons (Fsp3) is 0.267. The third kappa shape index (κ3) is 3.54. The lowest BCUT2D eigenvalue weighted by Crippen LogP contribution is -2.25. The summed E-state index contributed by atoms with van der Waals surface area (Å²) in [5, 5.41) is 13.6. The molecule has 1 aromatic heterocycles. The second-order valence-electron chi connectivity index (χ2n) is 4.55. The molecular weight excluding hydrogens is 279 g/mol. The van der Waals surface area contributed by atoms with Crippen molar-refractivity contribution in [2.24, 2.45) is 0 Å². The molecule has 106 valence electrons. The number of aliphatic hydroxyl groups excluding tert-OH is 1. The lowest BCUT2D eigenvalue weighted by molar-refractivity contribution is 0.166. The molecule has 1 aromatic carbocycles. The summed E-state index contributed by atoms with van der Waals surface area (Å²) in [5.41, 5.74) is 1.12. The molecule has 0 fully saturated rings. The monoisotopic (exact) mass is 294 g/mol. The molecular formula is C15H16ClFN2O. The first-order valence-corrected chi connectivity index (χ1v) is 6.73. The van der Waals surface area contributed by atoms with Gasteiger partial charge in [0.25, 0.3) is 0 Å². The molecule has 2 atom stereocenters. The van der Waals surface area contributed by atoms with Crippen LogP contribution in [0.5, 0.6) is 0 Å². The maximum atomic E-state index is 13.5. The van der Waals surface area contributed by atoms with Crippen LogP contribution in [0.25, 0.3) is 0 Å². The number of rotatable bonds is 5. The zero-order chi connectivity index (χ0) is 14.5. The van der Waals surface area contributed by atoms with E-state index in [1.807, 2.05) is 13.0 Å². The molecule has 0 aliphatic carbocycles. The van der Waals surface area contributed by atoms with Gasteiger partial charge >= 0.3 is 0 Å². The molecule has 0 aliphatic heterocycles. The number of benzene rings is 1. The van der Waals surface area contributed by atoms with Gasteiger partial charge in [-0.3, -0.25) is 0 Å². The van der Waals surface area contributed by atoms with Gasteiger partial charge in [-0.15, -0.1) is 0 Å². The number of hydrogen-bond donors (Lipinski definition) is 2. The highest BCUT2D eigenvalue weighted by molar-refractivity contribution is 6.30. The largest absolute Gasteiger partial charge is 0.387 e. The minimum absolute atomic E-state index is 0.0855. The Morgan fingerprint density at radius 1 is 1.25 bits per heavy atom. The average molecular weight is 295 g/mol. The van der Waals surface area contributed by atoms with E-state index in [1.54, 1.807) is 30.5 Å². The van der Waals surface area contributed by atoms with E-state index in [2.05, 4.69) is 10.3 Å². The molecule has 0 saturated carbocycles. The first kappa shape index (κ1) is 14.9. The molecule has 0 radical (unpaired) electrons. The summed E-state index contributed by atoms with van der Waals surface area (Å²) in [5.74, 6) is -0.408. The van der Waals surface area contributed by atoms with E-state index in [0.717, 1.165) is 5.56 Å². The fourth-order valence-corrected chi connectivity index (χ4v) is 2.26. The van der Waals surface area contributed by atoms with Gasteiger partial charge in [-0.2, -0.15) is 0 Å². The third-order valence-electron chi connectivity index (χ3n) is 3.14. The van der Waals surface area contributed by atoms with Crippen LogP contribution in [-0.2, 0) is 0 Å². The first-order valence-electron chi connectivity index (χ1n) is 6.36. The minimum atomic E-state index is -0.908. The van der Waals surface area contributed by atoms with E-state index in [4.69, 9.17) is 11.6 Å². The summed E-state index contributed by atoms with van der Waals surface area (Å²) in [7, 11) is 0. The number of hydrogen-bond acceptors (Lipinski definition) is 3. The zero-order valence-corrected chi connectivity index (χ0v) is 11.8. The summed E-state index contributed by atoms with van der Waals surface area (Å²) in [4.78, 5) is 4.00. The molecule has 0 bridgehead atoms. The number of halogens is 2. The standard InChI is InChI=1S/C15H16ClFN2O/c1-10(11-6-4-8-18-15(11)16)19-9-14(20)12-5-2-3-7-13(12)17/h2-8,10,14,19-20H,9H2,1H3. The van der Waals surface area contributed by atoms with Gasteiger partial charge in [0.2, 0.25) is 0 Å². The Hall–Kier alpha value is -1.49. The number of aliphatic hydroxyl groups is 1. The van der Waals surface area contributed by atoms with Crippen LogP contribution in [0.1, 0.15) is 30.2 Å². The highest BCUT2D eigenvalue weighted by atomic mass is 35.5. The predicted octanol–water partition coefficient (Wildman–Crippen LogP) is 3.26. The normalized spacial score (nSPS) is 14.0. The molecule has 2 rings (SSSR count). The SMILES string of the molecule is CC(NCC(O)c1ccccc1F)c1cccnc1Cl. The number of pyridine rings is 1. The van der Waals surface area contributed by atoms with Gasteiger partial charge in [-0.25, -0.2) is 9.37 Å². The molecule has 0 saturated heterocycles. The van der Waals surface area contributed by atoms with Crippen LogP contribution < -0.4 is 5.32 Å². The second kappa shape index (κ2) is 6.79. The van der Waals surface area contributed by atoms with Crippen molar-refractivity contribution in [2.75, 3.05) is 6.54 Å². The van der Waals surface area contributed by atoms with E-state index >= 15 is 0 Å². The second-order valence-corrected chi connectivity index (χ2v) is 4.91. The maximum Gasteiger partial charge on any atom is 0.133 e. The Bertz CT molecular complexity index is 528. The summed E-state index contributed by atoms with van der Waals surface area (Å²) in [6, 6.07) is 9.77. The topological polar surface area (TPSA) is 45.1 Å². The van der Waals surface area contributed by atoms with E-state index in [-0.39, 0.29) is 18.2 Å². The van der Waals surface area contributed by atoms with Crippen LogP contribution in [0.2, 0.25) is 5.15 Å². The Balaban J connectivity index is 1.99. The molecule has 2 N–H and O–H groups in total. The Morgan fingerprint density at radius 2 is 1.95 bits per heavy atom. The average Bonchev–Trinajstić information content (AvgIpc) is 2.45. The van der Waals surface area contributed by atoms with Crippen LogP contribution in [0.4, 0.5) is 4.39 Å². The van der Waals surface area contributed by atoms with Crippen molar-refractivity contribution < 1.29 is 9.50 Å². The van der Waals surface area contributed by atoms with Gasteiger partial charge < -0.3 is 10.4 Å². The predicted molar refractivity (Wildman–Crippen MR) is 77.0 cm³/mol. The molecule has 2 unspecified atom stereocenters. The van der Waals surface area contributed by atoms with E-state index in [1.165, 1.54) is 6.07 Å². The van der Waals surface area contributed by atoms with E-state index in [0.29, 0.717) is 5.15 Å². The van der Waals surface area contributed by atoms with Gasteiger partial charge in [0.15, 0.2) is 0 Å². The van der Waals surface area contributed by atoms with Crippen LogP contribution in [0.15, 0.2) is 42.6 Å². The fourth-order valence-electron chi connectivity index (χ4n) is 1.98. The van der Waals surface area contributed by atoms with Crippen LogP contribution in [0.3, 0.4) is 0 Å². The highest BCUT2D eigenvalue weighted by Crippen LogP contribution is 2.21. The zero-order valence-electron chi connectivity index (χ0n) is 11.1. The lowest BCUT2D eigenvalue weighted by Gasteiger charge is -2.18. The molecule has 0 aliphatic rings. The molecule has 5 heteroatoms. The number of nitrogens with one attached hydrogen (secondary N) is 1. The van der Waals surface area contributed by atoms with Crippen molar-refractivity contribution in [1.82, 2.24) is 10.3 Å². The van der Waals surface area contributed by atoms with Crippen molar-refractivity contribution in [3.63, 3.8) is 0 Å². The summed E-state index contributed by atoms with van der Waals surface area (Å²) in [6.45, 7) is 2.14. The van der Waals surface area contributed by atoms with E-state index < -0.39 is 11.9 Å². The maximum absolute atomic E-state index is 13.5. The first-order chi connectivity index (χ1) is 9.59. The minimum Gasteiger partial charge on any atom is -0.387 e. The van der Waals surface area contributed by atoms with Gasteiger partial charge in [-0.05, 0) is 19.1 Å². The molecule has 0 spiro atoms. The quantitative estimate of drug-likeness (QED) is 0.832. The van der Waals surface area contributed by atoms with Crippen molar-refractivity contribution in [3.8, 4) is 0 Å². The molecule has 3 nitrogen and oxygen atoms in total. The lowest BCUT2D eigenvalue weighted by atomic mass is 10.1. The van der Waals surface area contributed by atoms with Crippen LogP contribution in [-0.4, -0.2) is 16.6 Å². The third-order valence-corrected chi connectivity index (χ3v) is 3.45. The van der Waals surface area contributed by atoms with Gasteiger partial charge in [-0.1, -0.05) is 35.9 Å².